The Hall–Kier alpha value is -3.60. The molecule has 0 bridgehead atoms. The van der Waals surface area contributed by atoms with Crippen LogP contribution in [0.5, 0.6) is 0 Å². The molecule has 4 aromatic rings. The van der Waals surface area contributed by atoms with Gasteiger partial charge in [0.15, 0.2) is 6.20 Å². The van der Waals surface area contributed by atoms with Gasteiger partial charge in [-0.05, 0) is 43.3 Å². The van der Waals surface area contributed by atoms with Gasteiger partial charge in [0, 0.05) is 39.8 Å². The Morgan fingerprint density at radius 3 is 2.35 bits per heavy atom. The molecule has 5 nitrogen and oxygen atoms in total. The Labute approximate surface area is 150 Å². The lowest BCUT2D eigenvalue weighted by Gasteiger charge is -2.09. The molecule has 5 heteroatoms. The Balaban J connectivity index is 2.11. The van der Waals surface area contributed by atoms with Crippen molar-refractivity contribution in [1.29, 1.82) is 0 Å². The van der Waals surface area contributed by atoms with Gasteiger partial charge in [-0.2, -0.15) is 4.57 Å². The standard InChI is InChI=1S/C21H17N3O2/c1-12-19(23)9-8-18-17-7-4-15(22)10-14(17)11-24(20(12)18)16-5-2-13(3-6-16)21(25)26/h2-11,23H,22H2,1H3,(H,25,26)/p+1. The van der Waals surface area contributed by atoms with E-state index in [-0.39, 0.29) is 5.56 Å². The zero-order valence-electron chi connectivity index (χ0n) is 14.2. The van der Waals surface area contributed by atoms with E-state index in [4.69, 9.17) is 16.6 Å². The maximum Gasteiger partial charge on any atom is 0.335 e. The smallest absolute Gasteiger partial charge is 0.335 e. The van der Waals surface area contributed by atoms with Crippen LogP contribution in [-0.4, -0.2) is 11.1 Å². The Morgan fingerprint density at radius 2 is 1.65 bits per heavy atom. The van der Waals surface area contributed by atoms with Crippen LogP contribution < -0.4 is 16.0 Å². The summed E-state index contributed by atoms with van der Waals surface area (Å²) in [6, 6.07) is 16.5. The second-order valence-corrected chi connectivity index (χ2v) is 6.37. The first kappa shape index (κ1) is 15.9. The SMILES string of the molecule is Cc1c(N)ccc2c3ccc(N)cc3c[n+](-c3ccc(C(=O)O)cc3)c12. The van der Waals surface area contributed by atoms with Crippen LogP contribution in [0.3, 0.4) is 0 Å². The van der Waals surface area contributed by atoms with Gasteiger partial charge in [0.05, 0.1) is 10.9 Å². The molecule has 1 aromatic heterocycles. The van der Waals surface area contributed by atoms with Gasteiger partial charge in [-0.1, -0.05) is 6.07 Å². The molecule has 0 atom stereocenters. The minimum absolute atomic E-state index is 0.250. The van der Waals surface area contributed by atoms with E-state index in [2.05, 4.69) is 0 Å². The van der Waals surface area contributed by atoms with E-state index in [0.717, 1.165) is 32.9 Å². The summed E-state index contributed by atoms with van der Waals surface area (Å²) in [5, 5.41) is 12.3. The summed E-state index contributed by atoms with van der Waals surface area (Å²) in [7, 11) is 0. The quantitative estimate of drug-likeness (QED) is 0.295. The lowest BCUT2D eigenvalue weighted by atomic mass is 10.0. The van der Waals surface area contributed by atoms with Crippen LogP contribution in [0.2, 0.25) is 0 Å². The Morgan fingerprint density at radius 1 is 0.962 bits per heavy atom. The third kappa shape index (κ3) is 2.41. The highest BCUT2D eigenvalue weighted by atomic mass is 16.4. The molecule has 0 aliphatic heterocycles. The van der Waals surface area contributed by atoms with E-state index >= 15 is 0 Å². The third-order valence-electron chi connectivity index (χ3n) is 4.74. The number of carbonyl (C=O) groups is 1. The number of carboxylic acid groups (broad SMARTS) is 1. The molecule has 1 heterocycles. The number of aromatic carboxylic acids is 1. The summed E-state index contributed by atoms with van der Waals surface area (Å²) in [6.07, 6.45) is 2.01. The summed E-state index contributed by atoms with van der Waals surface area (Å²) >= 11 is 0. The van der Waals surface area contributed by atoms with Gasteiger partial charge in [-0.15, -0.1) is 0 Å². The fourth-order valence-electron chi connectivity index (χ4n) is 3.35. The van der Waals surface area contributed by atoms with E-state index in [1.807, 2.05) is 48.0 Å². The molecular weight excluding hydrogens is 326 g/mol. The summed E-state index contributed by atoms with van der Waals surface area (Å²) in [6.45, 7) is 1.99. The van der Waals surface area contributed by atoms with Crippen LogP contribution in [-0.2, 0) is 0 Å². The second kappa shape index (κ2) is 5.74. The first-order chi connectivity index (χ1) is 12.5. The highest BCUT2D eigenvalue weighted by Crippen LogP contribution is 2.29. The van der Waals surface area contributed by atoms with Crippen molar-refractivity contribution in [2.24, 2.45) is 0 Å². The van der Waals surface area contributed by atoms with Crippen molar-refractivity contribution in [3.05, 3.63) is 71.9 Å². The van der Waals surface area contributed by atoms with Crippen LogP contribution in [0.4, 0.5) is 11.4 Å². The fourth-order valence-corrected chi connectivity index (χ4v) is 3.35. The highest BCUT2D eigenvalue weighted by Gasteiger charge is 2.20. The average molecular weight is 344 g/mol. The number of benzene rings is 3. The minimum Gasteiger partial charge on any atom is -0.478 e. The predicted octanol–water partition coefficient (Wildman–Crippen LogP) is 3.44. The van der Waals surface area contributed by atoms with Crippen molar-refractivity contribution in [3.8, 4) is 5.69 Å². The van der Waals surface area contributed by atoms with Gasteiger partial charge in [0.2, 0.25) is 11.2 Å². The van der Waals surface area contributed by atoms with E-state index in [0.29, 0.717) is 11.4 Å². The highest BCUT2D eigenvalue weighted by molar-refractivity contribution is 6.06. The number of hydrogen-bond acceptors (Lipinski definition) is 3. The van der Waals surface area contributed by atoms with Crippen LogP contribution in [0.25, 0.3) is 27.4 Å². The summed E-state index contributed by atoms with van der Waals surface area (Å²) in [4.78, 5) is 11.1. The molecule has 0 spiro atoms. The molecule has 5 N–H and O–H groups in total. The number of aryl methyl sites for hydroxylation is 1. The monoisotopic (exact) mass is 344 g/mol. The fraction of sp³-hybridized carbons (Fsp3) is 0.0476. The second-order valence-electron chi connectivity index (χ2n) is 6.37. The van der Waals surface area contributed by atoms with Crippen molar-refractivity contribution in [2.45, 2.75) is 6.92 Å². The number of pyridine rings is 1. The molecule has 0 saturated carbocycles. The summed E-state index contributed by atoms with van der Waals surface area (Å²) < 4.78 is 2.04. The van der Waals surface area contributed by atoms with Crippen molar-refractivity contribution in [2.75, 3.05) is 11.5 Å². The van der Waals surface area contributed by atoms with E-state index in [1.165, 1.54) is 0 Å². The first-order valence-corrected chi connectivity index (χ1v) is 8.22. The number of nitrogens with two attached hydrogens (primary N) is 2. The normalized spacial score (nSPS) is 11.1. The largest absolute Gasteiger partial charge is 0.478 e. The van der Waals surface area contributed by atoms with Crippen LogP contribution >= 0.6 is 0 Å². The van der Waals surface area contributed by atoms with Crippen LogP contribution in [0.1, 0.15) is 15.9 Å². The number of carboxylic acids is 1. The van der Waals surface area contributed by atoms with E-state index in [9.17, 15) is 4.79 Å². The zero-order chi connectivity index (χ0) is 18.4. The van der Waals surface area contributed by atoms with Crippen molar-refractivity contribution in [1.82, 2.24) is 0 Å². The average Bonchev–Trinajstić information content (AvgIpc) is 2.63. The van der Waals surface area contributed by atoms with Gasteiger partial charge in [0.25, 0.3) is 0 Å². The lowest BCUT2D eigenvalue weighted by Crippen LogP contribution is -2.32. The minimum atomic E-state index is -0.946. The molecule has 3 aromatic carbocycles. The molecule has 0 radical (unpaired) electrons. The zero-order valence-corrected chi connectivity index (χ0v) is 14.2. The van der Waals surface area contributed by atoms with Crippen molar-refractivity contribution in [3.63, 3.8) is 0 Å². The number of nitrogens with zero attached hydrogens (tertiary/aromatic N) is 1. The first-order valence-electron chi connectivity index (χ1n) is 8.22. The molecule has 0 unspecified atom stereocenters. The molecule has 0 aliphatic carbocycles. The molecule has 0 saturated heterocycles. The molecule has 4 rings (SSSR count). The van der Waals surface area contributed by atoms with Gasteiger partial charge >= 0.3 is 5.97 Å². The molecule has 128 valence electrons. The van der Waals surface area contributed by atoms with Gasteiger partial charge in [-0.3, -0.25) is 0 Å². The molecular formula is C21H18N3O2+. The van der Waals surface area contributed by atoms with E-state index < -0.39 is 5.97 Å². The maximum atomic E-state index is 11.1. The van der Waals surface area contributed by atoms with Gasteiger partial charge in [0.1, 0.15) is 0 Å². The van der Waals surface area contributed by atoms with Crippen LogP contribution in [0, 0.1) is 6.92 Å². The number of anilines is 2. The Kier molecular flexibility index (Phi) is 3.51. The number of rotatable bonds is 2. The lowest BCUT2D eigenvalue weighted by molar-refractivity contribution is -0.565. The predicted molar refractivity (Wildman–Crippen MR) is 104 cm³/mol. The van der Waals surface area contributed by atoms with Gasteiger partial charge in [-0.25, -0.2) is 4.79 Å². The molecule has 0 amide bonds. The van der Waals surface area contributed by atoms with Crippen molar-refractivity contribution >= 4 is 39.0 Å². The maximum absolute atomic E-state index is 11.1. The number of fused-ring (bicyclic) bond motifs is 3. The van der Waals surface area contributed by atoms with Crippen molar-refractivity contribution < 1.29 is 14.5 Å². The Bertz CT molecular complexity index is 1180. The third-order valence-corrected chi connectivity index (χ3v) is 4.74. The van der Waals surface area contributed by atoms with E-state index in [1.54, 1.807) is 24.3 Å². The molecule has 0 fully saturated rings. The summed E-state index contributed by atoms with van der Waals surface area (Å²) in [5.74, 6) is -0.946. The van der Waals surface area contributed by atoms with Gasteiger partial charge < -0.3 is 16.6 Å². The number of nitrogen functional groups attached to an aromatic ring is 2. The molecule has 26 heavy (non-hydrogen) atoms. The summed E-state index contributed by atoms with van der Waals surface area (Å²) in [5.41, 5.74) is 16.6. The number of aromatic nitrogens is 1. The number of hydrogen-bond donors (Lipinski definition) is 3. The molecule has 0 aliphatic rings. The van der Waals surface area contributed by atoms with Crippen LogP contribution in [0.15, 0.2) is 60.8 Å². The topological polar surface area (TPSA) is 93.2 Å².